The number of halogens is 3. The van der Waals surface area contributed by atoms with Gasteiger partial charge in [-0.1, -0.05) is 0 Å². The van der Waals surface area contributed by atoms with Gasteiger partial charge in [0.15, 0.2) is 10.5 Å². The van der Waals surface area contributed by atoms with Crippen LogP contribution in [0.15, 0.2) is 18.2 Å². The first-order chi connectivity index (χ1) is 7.16. The number of hydrogen-bond donors (Lipinski definition) is 0. The highest BCUT2D eigenvalue weighted by Crippen LogP contribution is 2.38. The van der Waals surface area contributed by atoms with E-state index in [0.29, 0.717) is 5.69 Å². The van der Waals surface area contributed by atoms with Gasteiger partial charge in [-0.25, -0.2) is 0 Å². The molecular formula is C10H12F3N3+2. The zero-order valence-corrected chi connectivity index (χ0v) is 9.21. The molecule has 0 heterocycles. The molecule has 86 valence electrons. The Morgan fingerprint density at radius 3 is 2.12 bits per heavy atom. The second-order valence-electron chi connectivity index (χ2n) is 4.31. The van der Waals surface area contributed by atoms with Crippen molar-refractivity contribution in [3.8, 4) is 0 Å². The second kappa shape index (κ2) is 3.76. The van der Waals surface area contributed by atoms with Crippen LogP contribution in [0.25, 0.3) is 4.98 Å². The minimum Gasteiger partial charge on any atom is -0.298 e. The van der Waals surface area contributed by atoms with Gasteiger partial charge in [-0.2, -0.15) is 13.2 Å². The fourth-order valence-electron chi connectivity index (χ4n) is 1.26. The molecule has 0 spiro atoms. The van der Waals surface area contributed by atoms with Gasteiger partial charge in [-0.15, -0.1) is 0 Å². The third-order valence-corrected chi connectivity index (χ3v) is 2.17. The Bertz CT molecular complexity index is 438. The summed E-state index contributed by atoms with van der Waals surface area (Å²) in [6, 6.07) is 3.65. The molecule has 0 aromatic heterocycles. The largest absolute Gasteiger partial charge is 0.424 e. The Hall–Kier alpha value is -1.61. The maximum Gasteiger partial charge on any atom is 0.424 e. The molecule has 1 aromatic carbocycles. The zero-order valence-electron chi connectivity index (χ0n) is 9.21. The Morgan fingerprint density at radius 1 is 1.19 bits per heavy atom. The van der Waals surface area contributed by atoms with Crippen LogP contribution in [0.2, 0.25) is 0 Å². The fraction of sp³-hybridized carbons (Fsp3) is 0.400. The summed E-state index contributed by atoms with van der Waals surface area (Å²) in [7, 11) is 5.27. The van der Waals surface area contributed by atoms with Crippen LogP contribution in [-0.2, 0) is 6.18 Å². The maximum absolute atomic E-state index is 12.6. The molecule has 0 aliphatic heterocycles. The minimum absolute atomic E-state index is 0.259. The van der Waals surface area contributed by atoms with E-state index in [0.717, 1.165) is 12.1 Å². The first-order valence-electron chi connectivity index (χ1n) is 4.54. The van der Waals surface area contributed by atoms with E-state index >= 15 is 0 Å². The lowest BCUT2D eigenvalue weighted by Gasteiger charge is -2.23. The highest BCUT2D eigenvalue weighted by molar-refractivity contribution is 5.60. The predicted octanol–water partition coefficient (Wildman–Crippen LogP) is 3.39. The van der Waals surface area contributed by atoms with Crippen LogP contribution in [0.5, 0.6) is 0 Å². The van der Waals surface area contributed by atoms with Crippen molar-refractivity contribution >= 4 is 11.4 Å². The summed E-state index contributed by atoms with van der Waals surface area (Å²) in [6.45, 7) is 0. The third kappa shape index (κ3) is 2.49. The summed E-state index contributed by atoms with van der Waals surface area (Å²) in [5, 5.41) is 8.50. The van der Waals surface area contributed by atoms with Crippen LogP contribution in [0, 0.1) is 5.39 Å². The quantitative estimate of drug-likeness (QED) is 0.538. The molecule has 0 atom stereocenters. The molecular weight excluding hydrogens is 219 g/mol. The minimum atomic E-state index is -4.52. The van der Waals surface area contributed by atoms with Crippen molar-refractivity contribution in [2.45, 2.75) is 6.18 Å². The van der Waals surface area contributed by atoms with Crippen molar-refractivity contribution in [3.05, 3.63) is 28.7 Å². The molecule has 6 heteroatoms. The van der Waals surface area contributed by atoms with Crippen LogP contribution in [0.4, 0.5) is 24.5 Å². The summed E-state index contributed by atoms with van der Waals surface area (Å²) in [6.07, 6.45) is -4.52. The fourth-order valence-corrected chi connectivity index (χ4v) is 1.26. The Morgan fingerprint density at radius 2 is 1.75 bits per heavy atom. The van der Waals surface area contributed by atoms with E-state index in [1.54, 1.807) is 21.1 Å². The molecule has 1 rings (SSSR count). The average Bonchev–Trinajstić information content (AvgIpc) is 2.14. The Balaban J connectivity index is 3.41. The zero-order chi connectivity index (χ0) is 12.6. The first-order valence-corrected chi connectivity index (χ1v) is 4.54. The van der Waals surface area contributed by atoms with Crippen LogP contribution in [0.3, 0.4) is 0 Å². The van der Waals surface area contributed by atoms with Crippen molar-refractivity contribution in [1.29, 1.82) is 5.39 Å². The molecule has 0 saturated heterocycles. The average molecular weight is 231 g/mol. The van der Waals surface area contributed by atoms with Gasteiger partial charge in [0.05, 0.1) is 21.1 Å². The summed E-state index contributed by atoms with van der Waals surface area (Å²) >= 11 is 0. The molecule has 0 bridgehead atoms. The van der Waals surface area contributed by atoms with Crippen molar-refractivity contribution in [2.24, 2.45) is 0 Å². The van der Waals surface area contributed by atoms with Gasteiger partial charge in [0.25, 0.3) is 0 Å². The summed E-state index contributed by atoms with van der Waals surface area (Å²) < 4.78 is 38.1. The van der Waals surface area contributed by atoms with Crippen LogP contribution in [0.1, 0.15) is 5.56 Å². The van der Waals surface area contributed by atoms with Gasteiger partial charge < -0.3 is 0 Å². The van der Waals surface area contributed by atoms with Gasteiger partial charge >= 0.3 is 11.9 Å². The standard InChI is InChI=1S/C10H12F3N3/c1-16(2,3)7-4-5-9(15-14)8(6-7)10(11,12)13/h4-6H,1-3H3/q+2. The van der Waals surface area contributed by atoms with Crippen LogP contribution < -0.4 is 4.48 Å². The maximum atomic E-state index is 12.6. The normalized spacial score (nSPS) is 12.3. The van der Waals surface area contributed by atoms with Crippen LogP contribution >= 0.6 is 0 Å². The number of benzene rings is 1. The van der Waals surface area contributed by atoms with Crippen molar-refractivity contribution in [3.63, 3.8) is 0 Å². The molecule has 0 aliphatic carbocycles. The molecule has 3 nitrogen and oxygen atoms in total. The van der Waals surface area contributed by atoms with Crippen molar-refractivity contribution in [2.75, 3.05) is 21.1 Å². The second-order valence-corrected chi connectivity index (χ2v) is 4.31. The van der Waals surface area contributed by atoms with E-state index in [1.165, 1.54) is 6.07 Å². The topological polar surface area (TPSA) is 28.1 Å². The van der Waals surface area contributed by atoms with Gasteiger partial charge in [-0.3, -0.25) is 4.48 Å². The van der Waals surface area contributed by atoms with E-state index in [4.69, 9.17) is 5.39 Å². The molecule has 0 N–H and O–H groups in total. The molecule has 0 amide bonds. The molecule has 0 unspecified atom stereocenters. The lowest BCUT2D eigenvalue weighted by atomic mass is 10.1. The Kier molecular flexibility index (Phi) is 2.93. The number of quaternary nitrogens is 1. The predicted molar refractivity (Wildman–Crippen MR) is 55.8 cm³/mol. The smallest absolute Gasteiger partial charge is 0.298 e. The van der Waals surface area contributed by atoms with Gasteiger partial charge in [0, 0.05) is 18.2 Å². The van der Waals surface area contributed by atoms with E-state index in [9.17, 15) is 13.2 Å². The van der Waals surface area contributed by atoms with Crippen molar-refractivity contribution in [1.82, 2.24) is 4.48 Å². The van der Waals surface area contributed by atoms with E-state index in [1.807, 2.05) is 0 Å². The van der Waals surface area contributed by atoms with Gasteiger partial charge in [0.1, 0.15) is 5.69 Å². The third-order valence-electron chi connectivity index (χ3n) is 2.17. The van der Waals surface area contributed by atoms with E-state index in [2.05, 4.69) is 4.98 Å². The highest BCUT2D eigenvalue weighted by atomic mass is 19.4. The van der Waals surface area contributed by atoms with E-state index < -0.39 is 17.4 Å². The Labute approximate surface area is 91.3 Å². The first kappa shape index (κ1) is 12.5. The summed E-state index contributed by atoms with van der Waals surface area (Å²) in [4.78, 5) is 2.63. The molecule has 0 radical (unpaired) electrons. The van der Waals surface area contributed by atoms with Gasteiger partial charge in [0.2, 0.25) is 5.39 Å². The van der Waals surface area contributed by atoms with E-state index in [-0.39, 0.29) is 4.48 Å². The van der Waals surface area contributed by atoms with Gasteiger partial charge in [-0.05, 0) is 0 Å². The lowest BCUT2D eigenvalue weighted by molar-refractivity contribution is -0.136. The lowest BCUT2D eigenvalue weighted by Crippen LogP contribution is -2.34. The van der Waals surface area contributed by atoms with Crippen LogP contribution in [-0.4, -0.2) is 21.1 Å². The summed E-state index contributed by atoms with van der Waals surface area (Å²) in [5.74, 6) is 0. The number of diazo groups is 1. The molecule has 0 aliphatic rings. The monoisotopic (exact) mass is 231 g/mol. The number of rotatable bonds is 1. The molecule has 1 aromatic rings. The summed E-state index contributed by atoms with van der Waals surface area (Å²) in [5.41, 5.74) is -0.912. The van der Waals surface area contributed by atoms with Crippen molar-refractivity contribution < 1.29 is 13.2 Å². The number of alkyl halides is 3. The molecule has 0 saturated carbocycles. The molecule has 0 fully saturated rings. The number of hydrogen-bond acceptors (Lipinski definition) is 1. The SMILES string of the molecule is C[N+](C)(C)c1ccc([N+]#N)c(C(F)(F)F)c1. The molecule has 16 heavy (non-hydrogen) atoms. The number of nitrogens with zero attached hydrogens (tertiary/aromatic N) is 3. The highest BCUT2D eigenvalue weighted by Gasteiger charge is 2.40.